The van der Waals surface area contributed by atoms with Gasteiger partial charge in [-0.05, 0) is 48.4 Å². The number of esters is 1. The molecular formula is C21H23FN2O6. The standard InChI is InChI=1S/C21H23FN2O6/c1-13(2)11-29-17-9-6-15(10-18(17)28-3)21(27)30-12-19(25)23-24-20(26)14-4-7-16(22)8-5-14/h4-10,13H,11-12H2,1-3H3,(H,23,25)(H,24,26). The van der Waals surface area contributed by atoms with Crippen molar-refractivity contribution in [3.63, 3.8) is 0 Å². The summed E-state index contributed by atoms with van der Waals surface area (Å²) in [6.45, 7) is 3.89. The summed E-state index contributed by atoms with van der Waals surface area (Å²) in [6.07, 6.45) is 0. The largest absolute Gasteiger partial charge is 0.493 e. The maximum absolute atomic E-state index is 12.9. The first kappa shape index (κ1) is 22.7. The quantitative estimate of drug-likeness (QED) is 0.504. The number of hydrogen-bond acceptors (Lipinski definition) is 6. The summed E-state index contributed by atoms with van der Waals surface area (Å²) < 4.78 is 28.6. The molecule has 2 rings (SSSR count). The first-order valence-electron chi connectivity index (χ1n) is 9.13. The average Bonchev–Trinajstić information content (AvgIpc) is 2.74. The van der Waals surface area contributed by atoms with Crippen molar-refractivity contribution in [1.82, 2.24) is 10.9 Å². The highest BCUT2D eigenvalue weighted by Crippen LogP contribution is 2.28. The van der Waals surface area contributed by atoms with Crippen molar-refractivity contribution >= 4 is 17.8 Å². The molecule has 0 unspecified atom stereocenters. The molecule has 2 amide bonds. The van der Waals surface area contributed by atoms with Crippen molar-refractivity contribution in [3.8, 4) is 11.5 Å². The van der Waals surface area contributed by atoms with E-state index in [1.54, 1.807) is 6.07 Å². The van der Waals surface area contributed by atoms with E-state index in [9.17, 15) is 18.8 Å². The number of benzene rings is 2. The first-order chi connectivity index (χ1) is 14.3. The van der Waals surface area contributed by atoms with Crippen LogP contribution in [0.1, 0.15) is 34.6 Å². The molecule has 0 saturated heterocycles. The van der Waals surface area contributed by atoms with Crippen LogP contribution in [0, 0.1) is 11.7 Å². The van der Waals surface area contributed by atoms with E-state index < -0.39 is 30.2 Å². The van der Waals surface area contributed by atoms with Crippen LogP contribution in [0.25, 0.3) is 0 Å². The van der Waals surface area contributed by atoms with Gasteiger partial charge in [0.2, 0.25) is 0 Å². The molecule has 0 aromatic heterocycles. The Kier molecular flexibility index (Phi) is 8.16. The van der Waals surface area contributed by atoms with Crippen LogP contribution >= 0.6 is 0 Å². The van der Waals surface area contributed by atoms with E-state index in [0.717, 1.165) is 12.1 Å². The zero-order valence-electron chi connectivity index (χ0n) is 16.9. The molecule has 0 spiro atoms. The van der Waals surface area contributed by atoms with Gasteiger partial charge in [0.05, 0.1) is 19.3 Å². The molecule has 30 heavy (non-hydrogen) atoms. The molecule has 2 N–H and O–H groups in total. The number of hydrogen-bond donors (Lipinski definition) is 2. The van der Waals surface area contributed by atoms with Crippen LogP contribution in [-0.4, -0.2) is 38.1 Å². The predicted molar refractivity (Wildman–Crippen MR) is 106 cm³/mol. The topological polar surface area (TPSA) is 103 Å². The fourth-order valence-electron chi connectivity index (χ4n) is 2.22. The van der Waals surface area contributed by atoms with E-state index in [1.807, 2.05) is 13.8 Å². The summed E-state index contributed by atoms with van der Waals surface area (Å²) in [5.74, 6) is -1.45. The Morgan fingerprint density at radius 2 is 1.63 bits per heavy atom. The van der Waals surface area contributed by atoms with Gasteiger partial charge in [0.1, 0.15) is 5.82 Å². The monoisotopic (exact) mass is 418 g/mol. The molecule has 2 aromatic carbocycles. The highest BCUT2D eigenvalue weighted by atomic mass is 19.1. The third-order valence-corrected chi connectivity index (χ3v) is 3.73. The Bertz CT molecular complexity index is 899. The van der Waals surface area contributed by atoms with Gasteiger partial charge < -0.3 is 14.2 Å². The number of carbonyl (C=O) groups is 3. The van der Waals surface area contributed by atoms with Crippen LogP contribution in [0.4, 0.5) is 4.39 Å². The van der Waals surface area contributed by atoms with Gasteiger partial charge in [-0.2, -0.15) is 0 Å². The molecular weight excluding hydrogens is 395 g/mol. The lowest BCUT2D eigenvalue weighted by atomic mass is 10.2. The molecule has 0 fully saturated rings. The molecule has 0 atom stereocenters. The van der Waals surface area contributed by atoms with E-state index in [0.29, 0.717) is 24.0 Å². The minimum atomic E-state index is -0.748. The first-order valence-corrected chi connectivity index (χ1v) is 9.13. The Labute approximate surface area is 173 Å². The second-order valence-electron chi connectivity index (χ2n) is 6.66. The van der Waals surface area contributed by atoms with Gasteiger partial charge in [0.25, 0.3) is 11.8 Å². The molecule has 0 radical (unpaired) electrons. The van der Waals surface area contributed by atoms with Gasteiger partial charge in [-0.15, -0.1) is 0 Å². The highest BCUT2D eigenvalue weighted by molar-refractivity contribution is 5.96. The van der Waals surface area contributed by atoms with Crippen LogP contribution in [0.2, 0.25) is 0 Å². The van der Waals surface area contributed by atoms with Gasteiger partial charge >= 0.3 is 5.97 Å². The van der Waals surface area contributed by atoms with Crippen LogP contribution < -0.4 is 20.3 Å². The fraction of sp³-hybridized carbons (Fsp3) is 0.286. The van der Waals surface area contributed by atoms with Crippen LogP contribution in [0.5, 0.6) is 11.5 Å². The van der Waals surface area contributed by atoms with Crippen molar-refractivity contribution in [1.29, 1.82) is 0 Å². The lowest BCUT2D eigenvalue weighted by Gasteiger charge is -2.13. The number of carbonyl (C=O) groups excluding carboxylic acids is 3. The second-order valence-corrected chi connectivity index (χ2v) is 6.66. The minimum Gasteiger partial charge on any atom is -0.493 e. The number of rotatable bonds is 8. The summed E-state index contributed by atoms with van der Waals surface area (Å²) in [5, 5.41) is 0. The highest BCUT2D eigenvalue weighted by Gasteiger charge is 2.15. The van der Waals surface area contributed by atoms with E-state index in [2.05, 4.69) is 10.9 Å². The van der Waals surface area contributed by atoms with E-state index in [4.69, 9.17) is 14.2 Å². The number of amides is 2. The average molecular weight is 418 g/mol. The number of hydrazine groups is 1. The molecule has 2 aromatic rings. The van der Waals surface area contributed by atoms with Crippen molar-refractivity contribution in [3.05, 3.63) is 59.4 Å². The van der Waals surface area contributed by atoms with Gasteiger partial charge in [-0.1, -0.05) is 13.8 Å². The summed E-state index contributed by atoms with van der Waals surface area (Å²) in [5.41, 5.74) is 4.58. The lowest BCUT2D eigenvalue weighted by Crippen LogP contribution is -2.43. The minimum absolute atomic E-state index is 0.153. The summed E-state index contributed by atoms with van der Waals surface area (Å²) in [4.78, 5) is 35.8. The number of methoxy groups -OCH3 is 1. The third kappa shape index (κ3) is 6.77. The van der Waals surface area contributed by atoms with Crippen LogP contribution in [-0.2, 0) is 9.53 Å². The van der Waals surface area contributed by atoms with Gasteiger partial charge in [-0.25, -0.2) is 9.18 Å². The number of ether oxygens (including phenoxy) is 3. The summed E-state index contributed by atoms with van der Waals surface area (Å²) >= 11 is 0. The molecule has 0 aliphatic rings. The molecule has 0 heterocycles. The third-order valence-electron chi connectivity index (χ3n) is 3.73. The lowest BCUT2D eigenvalue weighted by molar-refractivity contribution is -0.125. The predicted octanol–water partition coefficient (Wildman–Crippen LogP) is 2.49. The second kappa shape index (κ2) is 10.8. The molecule has 0 saturated carbocycles. The Hall–Kier alpha value is -3.62. The normalized spacial score (nSPS) is 10.3. The fourth-order valence-corrected chi connectivity index (χ4v) is 2.22. The van der Waals surface area contributed by atoms with Crippen molar-refractivity contribution in [2.24, 2.45) is 5.92 Å². The summed E-state index contributed by atoms with van der Waals surface area (Å²) in [6, 6.07) is 9.29. The van der Waals surface area contributed by atoms with Crippen LogP contribution in [0.15, 0.2) is 42.5 Å². The van der Waals surface area contributed by atoms with E-state index in [-0.39, 0.29) is 11.1 Å². The van der Waals surface area contributed by atoms with Crippen molar-refractivity contribution in [2.75, 3.05) is 20.3 Å². The zero-order valence-corrected chi connectivity index (χ0v) is 16.9. The number of halogens is 1. The number of nitrogens with one attached hydrogen (secondary N) is 2. The van der Waals surface area contributed by atoms with E-state index in [1.165, 1.54) is 31.4 Å². The molecule has 0 aliphatic heterocycles. The van der Waals surface area contributed by atoms with Gasteiger partial charge in [-0.3, -0.25) is 20.4 Å². The molecule has 0 aliphatic carbocycles. The SMILES string of the molecule is COc1cc(C(=O)OCC(=O)NNC(=O)c2ccc(F)cc2)ccc1OCC(C)C. The Morgan fingerprint density at radius 3 is 2.27 bits per heavy atom. The molecule has 9 heteroatoms. The zero-order chi connectivity index (χ0) is 22.1. The molecule has 0 bridgehead atoms. The Morgan fingerprint density at radius 1 is 0.967 bits per heavy atom. The van der Waals surface area contributed by atoms with Crippen molar-refractivity contribution < 1.29 is 33.0 Å². The van der Waals surface area contributed by atoms with Gasteiger partial charge in [0.15, 0.2) is 18.1 Å². The molecule has 8 nitrogen and oxygen atoms in total. The van der Waals surface area contributed by atoms with E-state index >= 15 is 0 Å². The maximum Gasteiger partial charge on any atom is 0.338 e. The van der Waals surface area contributed by atoms with Crippen molar-refractivity contribution in [2.45, 2.75) is 13.8 Å². The Balaban J connectivity index is 1.84. The smallest absolute Gasteiger partial charge is 0.338 e. The molecule has 160 valence electrons. The van der Waals surface area contributed by atoms with Gasteiger partial charge in [0, 0.05) is 5.56 Å². The summed E-state index contributed by atoms with van der Waals surface area (Å²) in [7, 11) is 1.45. The van der Waals surface area contributed by atoms with Crippen LogP contribution in [0.3, 0.4) is 0 Å². The maximum atomic E-state index is 12.9.